The van der Waals surface area contributed by atoms with Crippen molar-refractivity contribution in [2.24, 2.45) is 5.73 Å². The van der Waals surface area contributed by atoms with Crippen LogP contribution >= 0.6 is 0 Å². The monoisotopic (exact) mass is 264 g/mol. The van der Waals surface area contributed by atoms with Crippen LogP contribution in [0.3, 0.4) is 0 Å². The van der Waals surface area contributed by atoms with Gasteiger partial charge < -0.3 is 15.8 Å². The second-order valence-electron chi connectivity index (χ2n) is 5.15. The average Bonchev–Trinajstić information content (AvgIpc) is 2.91. The van der Waals surface area contributed by atoms with Gasteiger partial charge in [-0.1, -0.05) is 0 Å². The summed E-state index contributed by atoms with van der Waals surface area (Å²) < 4.78 is 19.3. The van der Waals surface area contributed by atoms with Crippen molar-refractivity contribution >= 4 is 11.6 Å². The van der Waals surface area contributed by atoms with Crippen molar-refractivity contribution in [1.29, 1.82) is 0 Å². The Kier molecular flexibility index (Phi) is 3.24. The normalized spacial score (nSPS) is 23.9. The number of halogens is 1. The minimum atomic E-state index is -0.398. The first-order valence-electron chi connectivity index (χ1n) is 6.64. The molecule has 1 amide bonds. The highest BCUT2D eigenvalue weighted by Gasteiger charge is 2.29. The summed E-state index contributed by atoms with van der Waals surface area (Å²) in [5.41, 5.74) is 8.35. The molecule has 0 saturated carbocycles. The lowest BCUT2D eigenvalue weighted by atomic mass is 9.92. The van der Waals surface area contributed by atoms with E-state index in [0.717, 1.165) is 18.4 Å². The van der Waals surface area contributed by atoms with Crippen molar-refractivity contribution in [3.05, 3.63) is 29.1 Å². The number of rotatable bonds is 2. The Bertz CT molecular complexity index is 512. The third-order valence-corrected chi connectivity index (χ3v) is 3.83. The molecule has 2 heterocycles. The zero-order valence-electron chi connectivity index (χ0n) is 10.6. The van der Waals surface area contributed by atoms with Gasteiger partial charge in [0.25, 0.3) is 0 Å². The summed E-state index contributed by atoms with van der Waals surface area (Å²) in [5, 5.41) is 2.82. The predicted molar refractivity (Wildman–Crippen MR) is 69.3 cm³/mol. The van der Waals surface area contributed by atoms with Gasteiger partial charge in [-0.25, -0.2) is 4.39 Å². The molecule has 2 aliphatic rings. The smallest absolute Gasteiger partial charge is 0.224 e. The van der Waals surface area contributed by atoms with Gasteiger partial charge in [-0.05, 0) is 42.5 Å². The number of carbonyl (C=O) groups is 1. The molecule has 2 atom stereocenters. The van der Waals surface area contributed by atoms with E-state index in [2.05, 4.69) is 5.32 Å². The van der Waals surface area contributed by atoms with Crippen LogP contribution in [-0.4, -0.2) is 18.6 Å². The van der Waals surface area contributed by atoms with Crippen LogP contribution in [-0.2, 0) is 16.0 Å². The molecule has 2 aliphatic heterocycles. The Morgan fingerprint density at radius 2 is 2.26 bits per heavy atom. The molecule has 1 fully saturated rings. The molecular formula is C14H17FN2O2. The summed E-state index contributed by atoms with van der Waals surface area (Å²) in [6.45, 7) is 0.697. The van der Waals surface area contributed by atoms with E-state index in [9.17, 15) is 9.18 Å². The van der Waals surface area contributed by atoms with Crippen LogP contribution < -0.4 is 11.1 Å². The van der Waals surface area contributed by atoms with Crippen LogP contribution in [0.5, 0.6) is 0 Å². The van der Waals surface area contributed by atoms with E-state index < -0.39 is 6.04 Å². The van der Waals surface area contributed by atoms with E-state index in [1.165, 1.54) is 12.1 Å². The fourth-order valence-electron chi connectivity index (χ4n) is 2.84. The maximum absolute atomic E-state index is 13.7. The fraction of sp³-hybridized carbons (Fsp3) is 0.500. The number of aryl methyl sites for hydroxylation is 1. The van der Waals surface area contributed by atoms with E-state index in [1.807, 2.05) is 0 Å². The lowest BCUT2D eigenvalue weighted by Crippen LogP contribution is -2.29. The zero-order valence-corrected chi connectivity index (χ0v) is 10.6. The van der Waals surface area contributed by atoms with Crippen LogP contribution in [0.1, 0.15) is 36.4 Å². The van der Waals surface area contributed by atoms with E-state index in [-0.39, 0.29) is 17.8 Å². The van der Waals surface area contributed by atoms with Crippen molar-refractivity contribution < 1.29 is 13.9 Å². The summed E-state index contributed by atoms with van der Waals surface area (Å²) >= 11 is 0. The SMILES string of the molecule is NC(c1cc(F)cc2c1NC(=O)CC2)C1CCCO1. The largest absolute Gasteiger partial charge is 0.376 e. The van der Waals surface area contributed by atoms with Gasteiger partial charge in [0.1, 0.15) is 5.82 Å². The van der Waals surface area contributed by atoms with Gasteiger partial charge >= 0.3 is 0 Å². The minimum Gasteiger partial charge on any atom is -0.376 e. The Labute approximate surface area is 111 Å². The average molecular weight is 264 g/mol. The highest BCUT2D eigenvalue weighted by atomic mass is 19.1. The van der Waals surface area contributed by atoms with Crippen LogP contribution in [0, 0.1) is 5.82 Å². The molecule has 3 N–H and O–H groups in total. The predicted octanol–water partition coefficient (Wildman–Crippen LogP) is 1.89. The number of amides is 1. The van der Waals surface area contributed by atoms with Crippen LogP contribution in [0.2, 0.25) is 0 Å². The standard InChI is InChI=1S/C14H17FN2O2/c15-9-6-8-3-4-12(18)17-14(8)10(7-9)13(16)11-2-1-5-19-11/h6-7,11,13H,1-5,16H2,(H,17,18). The first-order valence-corrected chi connectivity index (χ1v) is 6.64. The highest BCUT2D eigenvalue weighted by molar-refractivity contribution is 5.95. The fourth-order valence-corrected chi connectivity index (χ4v) is 2.84. The molecule has 2 unspecified atom stereocenters. The molecule has 102 valence electrons. The molecule has 5 heteroatoms. The van der Waals surface area contributed by atoms with Crippen LogP contribution in [0.25, 0.3) is 0 Å². The summed E-state index contributed by atoms with van der Waals surface area (Å²) in [6, 6.07) is 2.49. The molecule has 0 aromatic heterocycles. The number of ether oxygens (including phenoxy) is 1. The topological polar surface area (TPSA) is 64.3 Å². The number of hydrogen-bond donors (Lipinski definition) is 2. The Morgan fingerprint density at radius 1 is 1.42 bits per heavy atom. The molecule has 0 spiro atoms. The number of fused-ring (bicyclic) bond motifs is 1. The maximum atomic E-state index is 13.7. The van der Waals surface area contributed by atoms with Crippen LogP contribution in [0.4, 0.5) is 10.1 Å². The summed E-state index contributed by atoms with van der Waals surface area (Å²) in [7, 11) is 0. The molecule has 1 saturated heterocycles. The molecule has 1 aromatic carbocycles. The molecule has 0 bridgehead atoms. The first kappa shape index (κ1) is 12.6. The second-order valence-corrected chi connectivity index (χ2v) is 5.15. The number of benzene rings is 1. The van der Waals surface area contributed by atoms with Crippen LogP contribution in [0.15, 0.2) is 12.1 Å². The Hall–Kier alpha value is -1.46. The van der Waals surface area contributed by atoms with Gasteiger partial charge in [-0.3, -0.25) is 4.79 Å². The Morgan fingerprint density at radius 3 is 3.00 bits per heavy atom. The minimum absolute atomic E-state index is 0.0418. The number of nitrogens with one attached hydrogen (secondary N) is 1. The van der Waals surface area contributed by atoms with E-state index in [4.69, 9.17) is 10.5 Å². The lowest BCUT2D eigenvalue weighted by molar-refractivity contribution is -0.116. The Balaban J connectivity index is 1.99. The molecule has 1 aromatic rings. The molecule has 3 rings (SSSR count). The summed E-state index contributed by atoms with van der Waals surface area (Å²) in [5.74, 6) is -0.349. The van der Waals surface area contributed by atoms with Crippen molar-refractivity contribution in [3.63, 3.8) is 0 Å². The van der Waals surface area contributed by atoms with Gasteiger partial charge in [0, 0.05) is 18.7 Å². The van der Waals surface area contributed by atoms with Crippen molar-refractivity contribution in [2.45, 2.75) is 37.8 Å². The number of carbonyl (C=O) groups excluding carboxylic acids is 1. The highest BCUT2D eigenvalue weighted by Crippen LogP contribution is 2.35. The van der Waals surface area contributed by atoms with Crippen molar-refractivity contribution in [3.8, 4) is 0 Å². The van der Waals surface area contributed by atoms with E-state index in [0.29, 0.717) is 30.7 Å². The molecular weight excluding hydrogens is 247 g/mol. The third-order valence-electron chi connectivity index (χ3n) is 3.83. The van der Waals surface area contributed by atoms with Gasteiger partial charge in [0.05, 0.1) is 12.1 Å². The summed E-state index contributed by atoms with van der Waals surface area (Å²) in [4.78, 5) is 11.5. The third kappa shape index (κ3) is 2.35. The first-order chi connectivity index (χ1) is 9.15. The second kappa shape index (κ2) is 4.90. The molecule has 4 nitrogen and oxygen atoms in total. The van der Waals surface area contributed by atoms with Gasteiger partial charge in [-0.2, -0.15) is 0 Å². The van der Waals surface area contributed by atoms with Crippen molar-refractivity contribution in [1.82, 2.24) is 0 Å². The van der Waals surface area contributed by atoms with E-state index >= 15 is 0 Å². The number of nitrogens with two attached hydrogens (primary N) is 1. The van der Waals surface area contributed by atoms with Gasteiger partial charge in [-0.15, -0.1) is 0 Å². The van der Waals surface area contributed by atoms with Gasteiger partial charge in [0.2, 0.25) is 5.91 Å². The quantitative estimate of drug-likeness (QED) is 0.857. The lowest BCUT2D eigenvalue weighted by Gasteiger charge is -2.26. The van der Waals surface area contributed by atoms with Crippen molar-refractivity contribution in [2.75, 3.05) is 11.9 Å². The summed E-state index contributed by atoms with van der Waals surface area (Å²) in [6.07, 6.45) is 2.71. The maximum Gasteiger partial charge on any atom is 0.224 e. The number of anilines is 1. The van der Waals surface area contributed by atoms with E-state index in [1.54, 1.807) is 0 Å². The number of hydrogen-bond acceptors (Lipinski definition) is 3. The molecule has 0 radical (unpaired) electrons. The molecule has 0 aliphatic carbocycles. The van der Waals surface area contributed by atoms with Gasteiger partial charge in [0.15, 0.2) is 0 Å². The zero-order chi connectivity index (χ0) is 13.4. The molecule has 19 heavy (non-hydrogen) atoms.